The van der Waals surface area contributed by atoms with Crippen LogP contribution in [0.25, 0.3) is 0 Å². The second-order valence-corrected chi connectivity index (χ2v) is 5.68. The molecule has 5 heteroatoms. The summed E-state index contributed by atoms with van der Waals surface area (Å²) >= 11 is 3.21. The first-order valence-corrected chi connectivity index (χ1v) is 7.33. The molecule has 0 saturated carbocycles. The molecular weight excluding hydrogens is 340 g/mol. The molecule has 0 aliphatic rings. The Morgan fingerprint density at radius 3 is 2.57 bits per heavy atom. The van der Waals surface area contributed by atoms with Gasteiger partial charge in [-0.3, -0.25) is 0 Å². The fourth-order valence-electron chi connectivity index (χ4n) is 1.93. The number of hydrogen-bond acceptors (Lipinski definition) is 2. The summed E-state index contributed by atoms with van der Waals surface area (Å²) < 4.78 is 33.3. The smallest absolute Gasteiger partial charge is 0.165 e. The molecule has 1 unspecified atom stereocenters. The average molecular weight is 356 g/mol. The maximum Gasteiger partial charge on any atom is 0.165 e. The summed E-state index contributed by atoms with van der Waals surface area (Å²) in [6.07, 6.45) is 0. The highest BCUT2D eigenvalue weighted by atomic mass is 79.9. The minimum absolute atomic E-state index is 0.0627. The van der Waals surface area contributed by atoms with Gasteiger partial charge < -0.3 is 10.1 Å². The maximum atomic E-state index is 14.0. The van der Waals surface area contributed by atoms with Gasteiger partial charge in [-0.1, -0.05) is 22.0 Å². The Bertz CT molecular complexity index is 613. The van der Waals surface area contributed by atoms with E-state index in [4.69, 9.17) is 4.74 Å². The van der Waals surface area contributed by atoms with Crippen LogP contribution in [0.15, 0.2) is 40.9 Å². The van der Waals surface area contributed by atoms with E-state index in [1.54, 1.807) is 18.2 Å². The fraction of sp³-hybridized carbons (Fsp3) is 0.250. The predicted molar refractivity (Wildman–Crippen MR) is 82.3 cm³/mol. The summed E-state index contributed by atoms with van der Waals surface area (Å²) in [5.41, 5.74) is 1.48. The zero-order chi connectivity index (χ0) is 15.4. The van der Waals surface area contributed by atoms with E-state index in [9.17, 15) is 8.78 Å². The lowest BCUT2D eigenvalue weighted by atomic mass is 10.1. The van der Waals surface area contributed by atoms with Crippen LogP contribution >= 0.6 is 15.9 Å². The number of ether oxygens (including phenoxy) is 1. The van der Waals surface area contributed by atoms with Crippen molar-refractivity contribution in [3.05, 3.63) is 63.6 Å². The lowest BCUT2D eigenvalue weighted by Gasteiger charge is -2.13. The van der Waals surface area contributed by atoms with E-state index in [1.807, 2.05) is 14.0 Å². The first kappa shape index (κ1) is 15.9. The van der Waals surface area contributed by atoms with Crippen molar-refractivity contribution < 1.29 is 13.5 Å². The Morgan fingerprint density at radius 2 is 1.95 bits per heavy atom. The van der Waals surface area contributed by atoms with Crippen LogP contribution in [0, 0.1) is 11.6 Å². The lowest BCUT2D eigenvalue weighted by Crippen LogP contribution is -2.12. The van der Waals surface area contributed by atoms with Gasteiger partial charge in [-0.05, 0) is 55.4 Å². The Hall–Kier alpha value is -1.46. The van der Waals surface area contributed by atoms with E-state index in [1.165, 1.54) is 18.2 Å². The molecule has 0 radical (unpaired) electrons. The van der Waals surface area contributed by atoms with E-state index in [2.05, 4.69) is 21.2 Å². The van der Waals surface area contributed by atoms with Gasteiger partial charge in [0.25, 0.3) is 0 Å². The summed E-state index contributed by atoms with van der Waals surface area (Å²) in [6, 6.07) is 9.36. The molecule has 0 saturated heterocycles. The molecule has 1 N–H and O–H groups in total. The second kappa shape index (κ2) is 7.00. The van der Waals surface area contributed by atoms with Crippen molar-refractivity contribution in [2.24, 2.45) is 0 Å². The van der Waals surface area contributed by atoms with E-state index in [0.29, 0.717) is 10.0 Å². The molecule has 2 aromatic rings. The molecule has 0 fully saturated rings. The van der Waals surface area contributed by atoms with E-state index >= 15 is 0 Å². The Labute approximate surface area is 131 Å². The lowest BCUT2D eigenvalue weighted by molar-refractivity contribution is 0.289. The second-order valence-electron chi connectivity index (χ2n) is 4.77. The third kappa shape index (κ3) is 4.25. The predicted octanol–water partition coefficient (Wildman–Crippen LogP) is 4.59. The zero-order valence-corrected chi connectivity index (χ0v) is 13.4. The molecule has 0 heterocycles. The van der Waals surface area contributed by atoms with Crippen LogP contribution in [0.5, 0.6) is 5.75 Å². The number of rotatable bonds is 5. The Kier molecular flexibility index (Phi) is 5.31. The normalized spacial score (nSPS) is 12.2. The summed E-state index contributed by atoms with van der Waals surface area (Å²) in [4.78, 5) is 0. The molecular formula is C16H16BrF2NO. The summed E-state index contributed by atoms with van der Waals surface area (Å²) in [5.74, 6) is -0.630. The molecule has 2 rings (SSSR count). The summed E-state index contributed by atoms with van der Waals surface area (Å²) in [6.45, 7) is 2.05. The van der Waals surface area contributed by atoms with Gasteiger partial charge in [0, 0.05) is 10.5 Å². The standard InChI is InChI=1S/C16H16BrF2NO/c1-10(20-2)12-3-4-16(15(19)7-12)21-9-11-5-13(17)8-14(18)6-11/h3-8,10,20H,9H2,1-2H3. The molecule has 0 bridgehead atoms. The van der Waals surface area contributed by atoms with Crippen LogP contribution in [0.3, 0.4) is 0 Å². The molecule has 0 aliphatic carbocycles. The highest BCUT2D eigenvalue weighted by molar-refractivity contribution is 9.10. The Morgan fingerprint density at radius 1 is 1.19 bits per heavy atom. The minimum Gasteiger partial charge on any atom is -0.486 e. The third-order valence-corrected chi connectivity index (χ3v) is 3.66. The molecule has 1 atom stereocenters. The van der Waals surface area contributed by atoms with Crippen molar-refractivity contribution in [3.8, 4) is 5.75 Å². The van der Waals surface area contributed by atoms with E-state index < -0.39 is 5.82 Å². The van der Waals surface area contributed by atoms with Gasteiger partial charge in [0.15, 0.2) is 11.6 Å². The van der Waals surface area contributed by atoms with Crippen LogP contribution in [-0.2, 0) is 6.61 Å². The minimum atomic E-state index is -0.426. The van der Waals surface area contributed by atoms with Crippen LogP contribution in [0.1, 0.15) is 24.1 Å². The van der Waals surface area contributed by atoms with Crippen molar-refractivity contribution in [2.45, 2.75) is 19.6 Å². The van der Waals surface area contributed by atoms with Crippen molar-refractivity contribution >= 4 is 15.9 Å². The van der Waals surface area contributed by atoms with Crippen LogP contribution in [0.4, 0.5) is 8.78 Å². The molecule has 0 amide bonds. The molecule has 0 spiro atoms. The van der Waals surface area contributed by atoms with Crippen molar-refractivity contribution in [3.63, 3.8) is 0 Å². The molecule has 2 aromatic carbocycles. The van der Waals surface area contributed by atoms with E-state index in [0.717, 1.165) is 5.56 Å². The van der Waals surface area contributed by atoms with Gasteiger partial charge in [-0.2, -0.15) is 0 Å². The van der Waals surface area contributed by atoms with E-state index in [-0.39, 0.29) is 24.2 Å². The number of halogens is 3. The SMILES string of the molecule is CNC(C)c1ccc(OCc2cc(F)cc(Br)c2)c(F)c1. The topological polar surface area (TPSA) is 21.3 Å². The zero-order valence-electron chi connectivity index (χ0n) is 11.8. The summed E-state index contributed by atoms with van der Waals surface area (Å²) in [7, 11) is 1.81. The van der Waals surface area contributed by atoms with Crippen LogP contribution in [-0.4, -0.2) is 7.05 Å². The number of nitrogens with one attached hydrogen (secondary N) is 1. The molecule has 0 aromatic heterocycles. The highest BCUT2D eigenvalue weighted by Gasteiger charge is 2.09. The number of benzene rings is 2. The third-order valence-electron chi connectivity index (χ3n) is 3.21. The van der Waals surface area contributed by atoms with Crippen molar-refractivity contribution in [1.29, 1.82) is 0 Å². The fourth-order valence-corrected chi connectivity index (χ4v) is 2.44. The van der Waals surface area contributed by atoms with Crippen molar-refractivity contribution in [2.75, 3.05) is 7.05 Å². The first-order valence-electron chi connectivity index (χ1n) is 6.54. The molecule has 0 aliphatic heterocycles. The molecule has 112 valence electrons. The van der Waals surface area contributed by atoms with Crippen LogP contribution < -0.4 is 10.1 Å². The quantitative estimate of drug-likeness (QED) is 0.846. The van der Waals surface area contributed by atoms with Gasteiger partial charge in [0.2, 0.25) is 0 Å². The first-order chi connectivity index (χ1) is 9.99. The maximum absolute atomic E-state index is 14.0. The van der Waals surface area contributed by atoms with Crippen LogP contribution in [0.2, 0.25) is 0 Å². The average Bonchev–Trinajstić information content (AvgIpc) is 2.44. The van der Waals surface area contributed by atoms with Crippen molar-refractivity contribution in [1.82, 2.24) is 5.32 Å². The van der Waals surface area contributed by atoms with Gasteiger partial charge >= 0.3 is 0 Å². The van der Waals surface area contributed by atoms with Gasteiger partial charge in [0.1, 0.15) is 12.4 Å². The van der Waals surface area contributed by atoms with Gasteiger partial charge in [-0.15, -0.1) is 0 Å². The summed E-state index contributed by atoms with van der Waals surface area (Å²) in [5, 5.41) is 3.04. The Balaban J connectivity index is 2.09. The monoisotopic (exact) mass is 355 g/mol. The molecule has 2 nitrogen and oxygen atoms in total. The van der Waals surface area contributed by atoms with Gasteiger partial charge in [-0.25, -0.2) is 8.78 Å². The number of hydrogen-bond donors (Lipinski definition) is 1. The van der Waals surface area contributed by atoms with Gasteiger partial charge in [0.05, 0.1) is 0 Å². The highest BCUT2D eigenvalue weighted by Crippen LogP contribution is 2.23. The molecule has 21 heavy (non-hydrogen) atoms. The largest absolute Gasteiger partial charge is 0.486 e.